The molecule has 0 unspecified atom stereocenters. The molecule has 1 heteroatoms. The van der Waals surface area contributed by atoms with Crippen LogP contribution < -0.4 is 5.32 Å². The molecule has 0 aliphatic heterocycles. The van der Waals surface area contributed by atoms with Gasteiger partial charge in [0, 0.05) is 11.4 Å². The van der Waals surface area contributed by atoms with Gasteiger partial charge in [0.2, 0.25) is 0 Å². The zero-order valence-electron chi connectivity index (χ0n) is 17.7. The van der Waals surface area contributed by atoms with E-state index in [1.54, 1.807) is 0 Å². The summed E-state index contributed by atoms with van der Waals surface area (Å²) in [6.07, 6.45) is 0.852. The Bertz CT molecular complexity index is 837. The highest BCUT2D eigenvalue weighted by atomic mass is 14.9. The summed E-state index contributed by atoms with van der Waals surface area (Å²) in [4.78, 5) is 0. The molecule has 0 saturated carbocycles. The van der Waals surface area contributed by atoms with Crippen LogP contribution in [0.2, 0.25) is 0 Å². The number of hydrogen-bond donors (Lipinski definition) is 1. The van der Waals surface area contributed by atoms with Crippen LogP contribution in [0.1, 0.15) is 64.7 Å². The first kappa shape index (κ1) is 20.8. The average Bonchev–Trinajstić information content (AvgIpc) is 2.59. The van der Waals surface area contributed by atoms with Gasteiger partial charge in [0.15, 0.2) is 0 Å². The van der Waals surface area contributed by atoms with Crippen LogP contribution in [0.3, 0.4) is 0 Å². The largest absolute Gasteiger partial charge is 0.360 e. The number of benzene rings is 2. The van der Waals surface area contributed by atoms with E-state index in [2.05, 4.69) is 102 Å². The Morgan fingerprint density at radius 1 is 0.815 bits per heavy atom. The number of nitrogens with one attached hydrogen (secondary N) is 1. The summed E-state index contributed by atoms with van der Waals surface area (Å²) in [5.41, 5.74) is 9.79. The Labute approximate surface area is 165 Å². The predicted molar refractivity (Wildman–Crippen MR) is 122 cm³/mol. The van der Waals surface area contributed by atoms with Gasteiger partial charge in [-0.05, 0) is 72.6 Å². The topological polar surface area (TPSA) is 12.0 Å². The number of anilines is 1. The van der Waals surface area contributed by atoms with Gasteiger partial charge in [-0.3, -0.25) is 0 Å². The van der Waals surface area contributed by atoms with Crippen molar-refractivity contribution in [2.45, 2.75) is 53.4 Å². The van der Waals surface area contributed by atoms with Gasteiger partial charge in [-0.2, -0.15) is 0 Å². The third-order valence-corrected chi connectivity index (χ3v) is 4.74. The van der Waals surface area contributed by atoms with Crippen molar-refractivity contribution in [3.63, 3.8) is 0 Å². The smallest absolute Gasteiger partial charge is 0.0381 e. The van der Waals surface area contributed by atoms with Crippen molar-refractivity contribution in [3.05, 3.63) is 89.6 Å². The third kappa shape index (κ3) is 5.72. The van der Waals surface area contributed by atoms with E-state index < -0.39 is 0 Å². The van der Waals surface area contributed by atoms with Crippen LogP contribution in [0.4, 0.5) is 5.69 Å². The fraction of sp³-hybridized carbons (Fsp3) is 0.308. The van der Waals surface area contributed by atoms with Gasteiger partial charge < -0.3 is 5.32 Å². The Hall–Kier alpha value is -2.54. The first-order valence-electron chi connectivity index (χ1n) is 9.56. The van der Waals surface area contributed by atoms with Crippen molar-refractivity contribution in [1.82, 2.24) is 0 Å². The molecule has 0 radical (unpaired) electrons. The van der Waals surface area contributed by atoms with Crippen LogP contribution in [0.25, 0.3) is 11.1 Å². The highest BCUT2D eigenvalue weighted by Crippen LogP contribution is 2.32. The number of allylic oxidation sites excluding steroid dienone is 4. The van der Waals surface area contributed by atoms with Crippen molar-refractivity contribution < 1.29 is 0 Å². The van der Waals surface area contributed by atoms with Crippen LogP contribution in [0.15, 0.2) is 73.0 Å². The molecule has 2 rings (SSSR count). The zero-order chi connectivity index (χ0) is 20.2. The van der Waals surface area contributed by atoms with E-state index in [4.69, 9.17) is 0 Å². The fourth-order valence-electron chi connectivity index (χ4n) is 3.09. The summed E-state index contributed by atoms with van der Waals surface area (Å²) in [6.45, 7) is 21.3. The SMILES string of the molecule is C=C(C)Nc1ccc(C(CC(=C)c2ccc(C(C)(C)C)cc2)=C(C)C)cc1. The highest BCUT2D eigenvalue weighted by Gasteiger charge is 2.14. The first-order chi connectivity index (χ1) is 12.6. The molecule has 2 aromatic carbocycles. The minimum atomic E-state index is 0.171. The van der Waals surface area contributed by atoms with Gasteiger partial charge in [0.1, 0.15) is 0 Å². The van der Waals surface area contributed by atoms with Crippen LogP contribution >= 0.6 is 0 Å². The monoisotopic (exact) mass is 359 g/mol. The molecule has 1 nitrogen and oxygen atoms in total. The Morgan fingerprint density at radius 2 is 1.33 bits per heavy atom. The van der Waals surface area contributed by atoms with E-state index in [9.17, 15) is 0 Å². The molecular formula is C26H33N. The second-order valence-corrected chi connectivity index (χ2v) is 8.57. The summed E-state index contributed by atoms with van der Waals surface area (Å²) in [7, 11) is 0. The highest BCUT2D eigenvalue weighted by molar-refractivity contribution is 5.80. The van der Waals surface area contributed by atoms with E-state index in [1.807, 2.05) is 6.92 Å². The van der Waals surface area contributed by atoms with E-state index in [-0.39, 0.29) is 5.41 Å². The quantitative estimate of drug-likeness (QED) is 0.554. The fourth-order valence-corrected chi connectivity index (χ4v) is 3.09. The van der Waals surface area contributed by atoms with Crippen LogP contribution in [0.5, 0.6) is 0 Å². The summed E-state index contributed by atoms with van der Waals surface area (Å²) in [5.74, 6) is 0. The van der Waals surface area contributed by atoms with Crippen molar-refractivity contribution in [2.24, 2.45) is 0 Å². The molecule has 0 aromatic heterocycles. The van der Waals surface area contributed by atoms with Crippen molar-refractivity contribution in [1.29, 1.82) is 0 Å². The summed E-state index contributed by atoms with van der Waals surface area (Å²) < 4.78 is 0. The number of rotatable bonds is 6. The van der Waals surface area contributed by atoms with Gasteiger partial charge >= 0.3 is 0 Å². The average molecular weight is 360 g/mol. The lowest BCUT2D eigenvalue weighted by molar-refractivity contribution is 0.590. The van der Waals surface area contributed by atoms with Crippen LogP contribution in [-0.4, -0.2) is 0 Å². The Kier molecular flexibility index (Phi) is 6.49. The minimum Gasteiger partial charge on any atom is -0.360 e. The van der Waals surface area contributed by atoms with Gasteiger partial charge in [-0.25, -0.2) is 0 Å². The lowest BCUT2D eigenvalue weighted by Crippen LogP contribution is -2.10. The van der Waals surface area contributed by atoms with Crippen LogP contribution in [0, 0.1) is 0 Å². The van der Waals surface area contributed by atoms with E-state index in [0.29, 0.717) is 0 Å². The molecule has 0 aliphatic rings. The van der Waals surface area contributed by atoms with Gasteiger partial charge in [-0.1, -0.05) is 75.9 Å². The molecule has 0 aliphatic carbocycles. The zero-order valence-corrected chi connectivity index (χ0v) is 17.7. The third-order valence-electron chi connectivity index (χ3n) is 4.74. The molecule has 0 fully saturated rings. The Morgan fingerprint density at radius 3 is 1.78 bits per heavy atom. The minimum absolute atomic E-state index is 0.171. The van der Waals surface area contributed by atoms with Gasteiger partial charge in [0.25, 0.3) is 0 Å². The maximum absolute atomic E-state index is 4.36. The van der Waals surface area contributed by atoms with E-state index in [0.717, 1.165) is 23.4 Å². The van der Waals surface area contributed by atoms with Crippen molar-refractivity contribution in [2.75, 3.05) is 5.32 Å². The lowest BCUT2D eigenvalue weighted by atomic mass is 9.85. The molecule has 1 N–H and O–H groups in total. The second kappa shape index (κ2) is 8.43. The first-order valence-corrected chi connectivity index (χ1v) is 9.56. The predicted octanol–water partition coefficient (Wildman–Crippen LogP) is 7.83. The molecule has 142 valence electrons. The van der Waals surface area contributed by atoms with Crippen molar-refractivity contribution in [3.8, 4) is 0 Å². The van der Waals surface area contributed by atoms with E-state index >= 15 is 0 Å². The second-order valence-electron chi connectivity index (χ2n) is 8.57. The van der Waals surface area contributed by atoms with Gasteiger partial charge in [0.05, 0.1) is 0 Å². The molecule has 2 aromatic rings. The van der Waals surface area contributed by atoms with Gasteiger partial charge in [-0.15, -0.1) is 0 Å². The summed E-state index contributed by atoms with van der Waals surface area (Å²) in [5, 5.41) is 3.26. The molecule has 0 amide bonds. The normalized spacial score (nSPS) is 11.0. The lowest BCUT2D eigenvalue weighted by Gasteiger charge is -2.20. The Balaban J connectivity index is 2.20. The molecule has 0 spiro atoms. The molecule has 27 heavy (non-hydrogen) atoms. The van der Waals surface area contributed by atoms with E-state index in [1.165, 1.54) is 27.8 Å². The molecule has 0 saturated heterocycles. The number of hydrogen-bond acceptors (Lipinski definition) is 1. The molecule has 0 bridgehead atoms. The maximum atomic E-state index is 4.36. The molecular weight excluding hydrogens is 326 g/mol. The standard InChI is InChI=1S/C26H33N/c1-18(2)25(22-11-15-24(16-12-22)27-19(3)4)17-20(5)21-9-13-23(14-10-21)26(6,7)8/h9-16,27H,3,5,17H2,1-2,4,6-8H3. The maximum Gasteiger partial charge on any atom is 0.0381 e. The molecule has 0 heterocycles. The summed E-state index contributed by atoms with van der Waals surface area (Å²) >= 11 is 0. The summed E-state index contributed by atoms with van der Waals surface area (Å²) in [6, 6.07) is 17.4. The molecule has 0 atom stereocenters. The van der Waals surface area contributed by atoms with Crippen LogP contribution in [-0.2, 0) is 5.41 Å². The van der Waals surface area contributed by atoms with Crippen molar-refractivity contribution >= 4 is 16.8 Å².